The fourth-order valence-electron chi connectivity index (χ4n) is 4.16. The lowest BCUT2D eigenvalue weighted by Crippen LogP contribution is -2.36. The summed E-state index contributed by atoms with van der Waals surface area (Å²) in [5.41, 5.74) is 0. The van der Waals surface area contributed by atoms with Crippen molar-refractivity contribution < 1.29 is 4.79 Å². The third-order valence-electron chi connectivity index (χ3n) is 5.62. The van der Waals surface area contributed by atoms with Crippen molar-refractivity contribution in [2.75, 3.05) is 18.8 Å². The normalized spacial score (nSPS) is 18.7. The first kappa shape index (κ1) is 19.0. The maximum Gasteiger partial charge on any atom is 0.233 e. The fourth-order valence-corrected chi connectivity index (χ4v) is 5.79. The summed E-state index contributed by atoms with van der Waals surface area (Å²) in [7, 11) is 0. The molecule has 1 saturated carbocycles. The first-order chi connectivity index (χ1) is 13.3. The first-order valence-electron chi connectivity index (χ1n) is 10.2. The lowest BCUT2D eigenvalue weighted by atomic mass is 9.95. The van der Waals surface area contributed by atoms with Crippen molar-refractivity contribution in [1.82, 2.24) is 19.7 Å². The molecule has 27 heavy (non-hydrogen) atoms. The maximum atomic E-state index is 12.6. The van der Waals surface area contributed by atoms with Gasteiger partial charge in [-0.2, -0.15) is 0 Å². The molecule has 3 heterocycles. The van der Waals surface area contributed by atoms with Gasteiger partial charge in [0, 0.05) is 30.4 Å². The Balaban J connectivity index is 1.48. The van der Waals surface area contributed by atoms with Crippen LogP contribution in [0.5, 0.6) is 0 Å². The molecule has 7 heteroatoms. The van der Waals surface area contributed by atoms with E-state index < -0.39 is 0 Å². The SMILES string of the molecule is O=C(CSc1nnc(Cc2cccs2)n1C1CCCCC1)N1CCCCC1. The van der Waals surface area contributed by atoms with E-state index in [1.807, 2.05) is 4.90 Å². The van der Waals surface area contributed by atoms with E-state index in [1.54, 1.807) is 23.1 Å². The zero-order valence-corrected chi connectivity index (χ0v) is 17.4. The van der Waals surface area contributed by atoms with Crippen LogP contribution in [0, 0.1) is 0 Å². The zero-order chi connectivity index (χ0) is 18.5. The predicted molar refractivity (Wildman–Crippen MR) is 110 cm³/mol. The molecule has 4 rings (SSSR count). The van der Waals surface area contributed by atoms with Gasteiger partial charge < -0.3 is 9.47 Å². The number of hydrogen-bond donors (Lipinski definition) is 0. The van der Waals surface area contributed by atoms with Crippen LogP contribution < -0.4 is 0 Å². The van der Waals surface area contributed by atoms with Crippen molar-refractivity contribution in [1.29, 1.82) is 0 Å². The number of rotatable bonds is 6. The molecule has 2 aliphatic rings. The van der Waals surface area contributed by atoms with Gasteiger partial charge in [-0.1, -0.05) is 37.1 Å². The summed E-state index contributed by atoms with van der Waals surface area (Å²) < 4.78 is 2.35. The van der Waals surface area contributed by atoms with E-state index in [1.165, 1.54) is 43.4 Å². The van der Waals surface area contributed by atoms with Gasteiger partial charge in [-0.05, 0) is 43.6 Å². The number of likely N-dealkylation sites (tertiary alicyclic amines) is 1. The molecule has 5 nitrogen and oxygen atoms in total. The molecule has 1 amide bonds. The molecule has 0 N–H and O–H groups in total. The third-order valence-corrected chi connectivity index (χ3v) is 7.43. The van der Waals surface area contributed by atoms with Crippen LogP contribution in [0.25, 0.3) is 0 Å². The van der Waals surface area contributed by atoms with Crippen LogP contribution in [-0.2, 0) is 11.2 Å². The Hall–Kier alpha value is -1.34. The second kappa shape index (κ2) is 9.24. The molecule has 1 saturated heterocycles. The molecule has 2 aromatic heterocycles. The van der Waals surface area contributed by atoms with Crippen molar-refractivity contribution in [3.8, 4) is 0 Å². The Kier molecular flexibility index (Phi) is 6.50. The Labute approximate surface area is 169 Å². The fraction of sp³-hybridized carbons (Fsp3) is 0.650. The number of aromatic nitrogens is 3. The summed E-state index contributed by atoms with van der Waals surface area (Å²) in [6.45, 7) is 1.83. The number of thiophene rings is 1. The molecule has 0 radical (unpaired) electrons. The van der Waals surface area contributed by atoms with Gasteiger partial charge in [0.25, 0.3) is 0 Å². The smallest absolute Gasteiger partial charge is 0.233 e. The lowest BCUT2D eigenvalue weighted by molar-refractivity contribution is -0.129. The predicted octanol–water partition coefficient (Wildman–Crippen LogP) is 4.54. The summed E-state index contributed by atoms with van der Waals surface area (Å²) in [4.78, 5) is 15.9. The van der Waals surface area contributed by atoms with E-state index >= 15 is 0 Å². The molecule has 0 spiro atoms. The summed E-state index contributed by atoms with van der Waals surface area (Å²) in [5.74, 6) is 1.78. The third kappa shape index (κ3) is 4.74. The number of carbonyl (C=O) groups excluding carboxylic acids is 1. The van der Waals surface area contributed by atoms with Crippen LogP contribution in [0.2, 0.25) is 0 Å². The monoisotopic (exact) mass is 404 g/mol. The highest BCUT2D eigenvalue weighted by Gasteiger charge is 2.24. The van der Waals surface area contributed by atoms with Crippen molar-refractivity contribution in [2.24, 2.45) is 0 Å². The Bertz CT molecular complexity index is 731. The van der Waals surface area contributed by atoms with Crippen LogP contribution in [0.15, 0.2) is 22.7 Å². The van der Waals surface area contributed by atoms with Gasteiger partial charge in [0.1, 0.15) is 5.82 Å². The average molecular weight is 405 g/mol. The van der Waals surface area contributed by atoms with Crippen molar-refractivity contribution >= 4 is 29.0 Å². The summed E-state index contributed by atoms with van der Waals surface area (Å²) >= 11 is 3.35. The zero-order valence-electron chi connectivity index (χ0n) is 15.8. The number of nitrogens with zero attached hydrogens (tertiary/aromatic N) is 4. The second-order valence-electron chi connectivity index (χ2n) is 7.55. The number of thioether (sulfide) groups is 1. The molecule has 2 aromatic rings. The largest absolute Gasteiger partial charge is 0.342 e. The quantitative estimate of drug-likeness (QED) is 0.663. The van der Waals surface area contributed by atoms with Gasteiger partial charge in [0.15, 0.2) is 5.16 Å². The number of piperidine rings is 1. The molecule has 0 unspecified atom stereocenters. The standard InChI is InChI=1S/C20H28N4OS2/c25-19(23-11-5-2-6-12-23)15-27-20-22-21-18(14-17-10-7-13-26-17)24(20)16-8-3-1-4-9-16/h7,10,13,16H,1-6,8-9,11-12,14-15H2. The topological polar surface area (TPSA) is 51.0 Å². The minimum atomic E-state index is 0.248. The van der Waals surface area contributed by atoms with Crippen LogP contribution in [0.3, 0.4) is 0 Å². The van der Waals surface area contributed by atoms with E-state index in [-0.39, 0.29) is 5.91 Å². The van der Waals surface area contributed by atoms with Gasteiger partial charge in [0.05, 0.1) is 5.75 Å². The highest BCUT2D eigenvalue weighted by Crippen LogP contribution is 2.33. The second-order valence-corrected chi connectivity index (χ2v) is 9.52. The molecule has 1 aliphatic heterocycles. The summed E-state index contributed by atoms with van der Waals surface area (Å²) in [6.07, 6.45) is 10.6. The van der Waals surface area contributed by atoms with Gasteiger partial charge in [-0.25, -0.2) is 0 Å². The van der Waals surface area contributed by atoms with Crippen LogP contribution in [0.1, 0.15) is 68.1 Å². The van der Waals surface area contributed by atoms with E-state index in [0.29, 0.717) is 11.8 Å². The minimum absolute atomic E-state index is 0.248. The van der Waals surface area contributed by atoms with E-state index in [4.69, 9.17) is 0 Å². The molecule has 0 atom stereocenters. The molecular formula is C20H28N4OS2. The molecule has 0 bridgehead atoms. The van der Waals surface area contributed by atoms with Gasteiger partial charge in [-0.3, -0.25) is 4.79 Å². The molecule has 2 fully saturated rings. The first-order valence-corrected chi connectivity index (χ1v) is 12.0. The van der Waals surface area contributed by atoms with Gasteiger partial charge in [0.2, 0.25) is 5.91 Å². The highest BCUT2D eigenvalue weighted by molar-refractivity contribution is 7.99. The van der Waals surface area contributed by atoms with Crippen LogP contribution in [-0.4, -0.2) is 44.4 Å². The van der Waals surface area contributed by atoms with Crippen molar-refractivity contribution in [3.05, 3.63) is 28.2 Å². The van der Waals surface area contributed by atoms with Crippen LogP contribution in [0.4, 0.5) is 0 Å². The average Bonchev–Trinajstić information content (AvgIpc) is 3.38. The molecule has 1 aliphatic carbocycles. The molecule has 146 valence electrons. The van der Waals surface area contributed by atoms with Crippen molar-refractivity contribution in [2.45, 2.75) is 69.0 Å². The Morgan fingerprint density at radius 1 is 1.11 bits per heavy atom. The number of carbonyl (C=O) groups is 1. The molecule has 0 aromatic carbocycles. The van der Waals surface area contributed by atoms with E-state index in [2.05, 4.69) is 32.3 Å². The molecular weight excluding hydrogens is 376 g/mol. The Morgan fingerprint density at radius 3 is 2.63 bits per heavy atom. The summed E-state index contributed by atoms with van der Waals surface area (Å²) in [6, 6.07) is 4.74. The highest BCUT2D eigenvalue weighted by atomic mass is 32.2. The maximum absolute atomic E-state index is 12.6. The van der Waals surface area contributed by atoms with Gasteiger partial charge >= 0.3 is 0 Å². The summed E-state index contributed by atoms with van der Waals surface area (Å²) in [5, 5.41) is 12.1. The number of amides is 1. The lowest BCUT2D eigenvalue weighted by Gasteiger charge is -2.27. The van der Waals surface area contributed by atoms with Crippen LogP contribution >= 0.6 is 23.1 Å². The minimum Gasteiger partial charge on any atom is -0.342 e. The Morgan fingerprint density at radius 2 is 1.89 bits per heavy atom. The van der Waals surface area contributed by atoms with E-state index in [9.17, 15) is 4.79 Å². The van der Waals surface area contributed by atoms with E-state index in [0.717, 1.165) is 43.3 Å². The number of hydrogen-bond acceptors (Lipinski definition) is 5. The van der Waals surface area contributed by atoms with Crippen molar-refractivity contribution in [3.63, 3.8) is 0 Å². The van der Waals surface area contributed by atoms with Gasteiger partial charge in [-0.15, -0.1) is 21.5 Å².